The zero-order valence-electron chi connectivity index (χ0n) is 14.9. The van der Waals surface area contributed by atoms with Gasteiger partial charge < -0.3 is 14.6 Å². The summed E-state index contributed by atoms with van der Waals surface area (Å²) in [6, 6.07) is 5.51. The summed E-state index contributed by atoms with van der Waals surface area (Å²) in [6.45, 7) is 4.67. The summed E-state index contributed by atoms with van der Waals surface area (Å²) in [4.78, 5) is 15.7. The van der Waals surface area contributed by atoms with E-state index in [9.17, 15) is 9.90 Å². The third-order valence-electron chi connectivity index (χ3n) is 3.27. The average molecular weight is 377 g/mol. The Morgan fingerprint density at radius 1 is 1.42 bits per heavy atom. The number of aliphatic hydroxyl groups excluding tert-OH is 1. The second-order valence-electron chi connectivity index (χ2n) is 5.37. The molecule has 0 bridgehead atoms. The molecule has 1 aromatic heterocycles. The van der Waals surface area contributed by atoms with Gasteiger partial charge in [0.15, 0.2) is 0 Å². The van der Waals surface area contributed by atoms with E-state index in [0.29, 0.717) is 35.4 Å². The molecule has 0 spiro atoms. The van der Waals surface area contributed by atoms with Gasteiger partial charge in [-0.15, -0.1) is 11.3 Å². The molecule has 0 aliphatic carbocycles. The van der Waals surface area contributed by atoms with Crippen LogP contribution >= 0.6 is 11.3 Å². The molecule has 0 saturated heterocycles. The molecular weight excluding hydrogens is 354 g/mol. The van der Waals surface area contributed by atoms with E-state index in [1.807, 2.05) is 25.1 Å². The number of esters is 1. The number of hydrogen-bond donors (Lipinski definition) is 2. The zero-order valence-corrected chi connectivity index (χ0v) is 15.7. The number of aliphatic hydroxyl groups is 1. The first-order valence-electron chi connectivity index (χ1n) is 8.42. The summed E-state index contributed by atoms with van der Waals surface area (Å²) in [5.74, 6) is 0.387. The maximum absolute atomic E-state index is 11.4. The molecule has 0 aliphatic heterocycles. The van der Waals surface area contributed by atoms with Crippen LogP contribution in [0, 0.1) is 0 Å². The van der Waals surface area contributed by atoms with Gasteiger partial charge in [0, 0.05) is 10.9 Å². The van der Waals surface area contributed by atoms with Gasteiger partial charge in [-0.1, -0.05) is 6.92 Å². The van der Waals surface area contributed by atoms with Crippen LogP contribution in [0.25, 0.3) is 0 Å². The third-order valence-corrected chi connectivity index (χ3v) is 4.07. The highest BCUT2D eigenvalue weighted by molar-refractivity contribution is 7.13. The Hall–Kier alpha value is -2.45. The molecule has 1 heterocycles. The Balaban J connectivity index is 1.93. The number of nitrogens with zero attached hydrogens (tertiary/aromatic N) is 2. The Bertz CT molecular complexity index is 746. The Labute approximate surface area is 156 Å². The Morgan fingerprint density at radius 2 is 2.27 bits per heavy atom. The van der Waals surface area contributed by atoms with Crippen molar-refractivity contribution in [2.24, 2.45) is 5.10 Å². The minimum absolute atomic E-state index is 0.0993. The normalized spacial score (nSPS) is 10.9. The number of nitrogens with one attached hydrogen (secondary N) is 1. The maximum atomic E-state index is 11.4. The fourth-order valence-corrected chi connectivity index (χ4v) is 2.78. The summed E-state index contributed by atoms with van der Waals surface area (Å²) in [5.41, 5.74) is 5.02. The van der Waals surface area contributed by atoms with Crippen LogP contribution < -0.4 is 10.2 Å². The van der Waals surface area contributed by atoms with Gasteiger partial charge in [0.1, 0.15) is 5.75 Å². The van der Waals surface area contributed by atoms with E-state index in [4.69, 9.17) is 9.47 Å². The molecule has 0 unspecified atom stereocenters. The lowest BCUT2D eigenvalue weighted by Gasteiger charge is -2.09. The third kappa shape index (κ3) is 6.12. The van der Waals surface area contributed by atoms with E-state index >= 15 is 0 Å². The van der Waals surface area contributed by atoms with Crippen molar-refractivity contribution in [3.05, 3.63) is 40.4 Å². The molecule has 140 valence electrons. The second-order valence-corrected chi connectivity index (χ2v) is 6.23. The average Bonchev–Trinajstić information content (AvgIpc) is 3.07. The molecule has 0 atom stereocenters. The highest BCUT2D eigenvalue weighted by Crippen LogP contribution is 2.20. The largest absolute Gasteiger partial charge is 0.493 e. The number of aromatic nitrogens is 1. The van der Waals surface area contributed by atoms with Crippen LogP contribution in [0.3, 0.4) is 0 Å². The highest BCUT2D eigenvalue weighted by Gasteiger charge is 2.08. The van der Waals surface area contributed by atoms with E-state index in [1.54, 1.807) is 18.5 Å². The molecular formula is C18H23N3O4S. The lowest BCUT2D eigenvalue weighted by atomic mass is 10.1. The van der Waals surface area contributed by atoms with E-state index < -0.39 is 0 Å². The fraction of sp³-hybridized carbons (Fsp3) is 0.389. The van der Waals surface area contributed by atoms with Crippen molar-refractivity contribution in [2.45, 2.75) is 33.3 Å². The van der Waals surface area contributed by atoms with Crippen molar-refractivity contribution in [3.8, 4) is 5.75 Å². The van der Waals surface area contributed by atoms with E-state index in [0.717, 1.165) is 12.0 Å². The van der Waals surface area contributed by atoms with Crippen molar-refractivity contribution in [1.82, 2.24) is 4.98 Å². The molecule has 1 aromatic carbocycles. The van der Waals surface area contributed by atoms with Crippen molar-refractivity contribution in [2.75, 3.05) is 18.6 Å². The van der Waals surface area contributed by atoms with Crippen LogP contribution in [0.4, 0.5) is 5.13 Å². The van der Waals surface area contributed by atoms with Gasteiger partial charge in [-0.05, 0) is 37.1 Å². The predicted octanol–water partition coefficient (Wildman–Crippen LogP) is 2.98. The van der Waals surface area contributed by atoms with Crippen LogP contribution in [0.2, 0.25) is 0 Å². The van der Waals surface area contributed by atoms with E-state index in [1.165, 1.54) is 11.3 Å². The van der Waals surface area contributed by atoms with Gasteiger partial charge in [0.05, 0.1) is 38.1 Å². The molecule has 0 fully saturated rings. The van der Waals surface area contributed by atoms with Gasteiger partial charge in [0.2, 0.25) is 5.13 Å². The molecule has 8 heteroatoms. The van der Waals surface area contributed by atoms with Gasteiger partial charge in [-0.25, -0.2) is 4.98 Å². The standard InChI is InChI=1S/C18H23N3O4S/c1-3-7-25-16-6-5-13(8-14(16)11-22)10-19-21-18-20-15(12-26-18)9-17(23)24-4-2/h5-6,8,10,12,22H,3-4,7,9,11H2,1-2H3,(H,20,21). The number of carbonyl (C=O) groups is 1. The van der Waals surface area contributed by atoms with Crippen molar-refractivity contribution < 1.29 is 19.4 Å². The zero-order chi connectivity index (χ0) is 18.8. The van der Waals surface area contributed by atoms with Crippen LogP contribution in [-0.2, 0) is 22.6 Å². The summed E-state index contributed by atoms with van der Waals surface area (Å²) in [5, 5.41) is 16.0. The molecule has 2 aromatic rings. The van der Waals surface area contributed by atoms with Crippen LogP contribution in [0.5, 0.6) is 5.75 Å². The van der Waals surface area contributed by atoms with Crippen LogP contribution in [0.1, 0.15) is 37.1 Å². The lowest BCUT2D eigenvalue weighted by Crippen LogP contribution is -2.07. The number of ether oxygens (including phenoxy) is 2. The van der Waals surface area contributed by atoms with Gasteiger partial charge in [-0.3, -0.25) is 10.2 Å². The maximum Gasteiger partial charge on any atom is 0.311 e. The number of anilines is 1. The van der Waals surface area contributed by atoms with Crippen LogP contribution in [0.15, 0.2) is 28.7 Å². The molecule has 0 aliphatic rings. The second kappa shape index (κ2) is 10.5. The number of hydrogen-bond acceptors (Lipinski definition) is 8. The van der Waals surface area contributed by atoms with Crippen molar-refractivity contribution in [1.29, 1.82) is 0 Å². The van der Waals surface area contributed by atoms with Gasteiger partial charge in [0.25, 0.3) is 0 Å². The molecule has 2 N–H and O–H groups in total. The van der Waals surface area contributed by atoms with Gasteiger partial charge in [-0.2, -0.15) is 5.10 Å². The summed E-state index contributed by atoms with van der Waals surface area (Å²) in [6.07, 6.45) is 2.69. The number of carbonyl (C=O) groups excluding carboxylic acids is 1. The molecule has 7 nitrogen and oxygen atoms in total. The minimum atomic E-state index is -0.297. The first kappa shape index (κ1) is 19.9. The smallest absolute Gasteiger partial charge is 0.311 e. The highest BCUT2D eigenvalue weighted by atomic mass is 32.1. The van der Waals surface area contributed by atoms with E-state index in [-0.39, 0.29) is 19.0 Å². The quantitative estimate of drug-likeness (QED) is 0.376. The predicted molar refractivity (Wildman–Crippen MR) is 102 cm³/mol. The monoisotopic (exact) mass is 377 g/mol. The van der Waals surface area contributed by atoms with Crippen molar-refractivity contribution >= 4 is 28.7 Å². The topological polar surface area (TPSA) is 93.0 Å². The van der Waals surface area contributed by atoms with Gasteiger partial charge >= 0.3 is 5.97 Å². The van der Waals surface area contributed by atoms with E-state index in [2.05, 4.69) is 15.5 Å². The first-order chi connectivity index (χ1) is 12.7. The summed E-state index contributed by atoms with van der Waals surface area (Å²) < 4.78 is 10.5. The van der Waals surface area contributed by atoms with Crippen molar-refractivity contribution in [3.63, 3.8) is 0 Å². The number of hydrazone groups is 1. The fourth-order valence-electron chi connectivity index (χ4n) is 2.12. The molecule has 0 saturated carbocycles. The summed E-state index contributed by atoms with van der Waals surface area (Å²) in [7, 11) is 0. The summed E-state index contributed by atoms with van der Waals surface area (Å²) >= 11 is 1.36. The van der Waals surface area contributed by atoms with Crippen LogP contribution in [-0.4, -0.2) is 35.5 Å². The first-order valence-corrected chi connectivity index (χ1v) is 9.29. The molecule has 0 radical (unpaired) electrons. The number of rotatable bonds is 10. The molecule has 0 amide bonds. The molecule has 26 heavy (non-hydrogen) atoms. The number of benzene rings is 1. The molecule has 2 rings (SSSR count). The SMILES string of the molecule is CCCOc1ccc(C=NNc2nc(CC(=O)OCC)cs2)cc1CO. The number of thiazole rings is 1. The Morgan fingerprint density at radius 3 is 3.00 bits per heavy atom. The minimum Gasteiger partial charge on any atom is -0.493 e. The lowest BCUT2D eigenvalue weighted by molar-refractivity contribution is -0.142. The Kier molecular flexibility index (Phi) is 8.04.